The second-order valence-electron chi connectivity index (χ2n) is 3.95. The fourth-order valence-electron chi connectivity index (χ4n) is 1.43. The van der Waals surface area contributed by atoms with Crippen LogP contribution < -0.4 is 0 Å². The van der Waals surface area contributed by atoms with E-state index in [0.717, 1.165) is 0 Å². The van der Waals surface area contributed by atoms with Gasteiger partial charge in [0, 0.05) is 5.75 Å². The number of hydrogen-bond donors (Lipinski definition) is 0. The third-order valence-electron chi connectivity index (χ3n) is 2.41. The molecule has 0 aliphatic carbocycles. The molecule has 0 N–H and O–H groups in total. The maximum absolute atomic E-state index is 2.42. The maximum atomic E-state index is 2.42. The topological polar surface area (TPSA) is 0 Å². The van der Waals surface area contributed by atoms with E-state index in [9.17, 15) is 0 Å². The number of hydrogen-bond acceptors (Lipinski definition) is 1. The van der Waals surface area contributed by atoms with Crippen LogP contribution in [0.3, 0.4) is 0 Å². The van der Waals surface area contributed by atoms with Crippen molar-refractivity contribution in [2.24, 2.45) is 0 Å². The lowest BCUT2D eigenvalue weighted by molar-refractivity contribution is 0.635. The Morgan fingerprint density at radius 1 is 0.786 bits per heavy atom. The van der Waals surface area contributed by atoms with Gasteiger partial charge < -0.3 is 0 Å². The van der Waals surface area contributed by atoms with Gasteiger partial charge in [-0.05, 0) is 18.6 Å². The van der Waals surface area contributed by atoms with Crippen molar-refractivity contribution < 1.29 is 0 Å². The van der Waals surface area contributed by atoms with E-state index in [1.165, 1.54) is 63.5 Å². The molecule has 0 unspecified atom stereocenters. The molecule has 0 aliphatic heterocycles. The summed E-state index contributed by atoms with van der Waals surface area (Å²) in [6, 6.07) is 0. The fraction of sp³-hybridized carbons (Fsp3) is 0.923. The van der Waals surface area contributed by atoms with Crippen LogP contribution in [-0.2, 0) is 0 Å². The summed E-state index contributed by atoms with van der Waals surface area (Å²) in [6.07, 6.45) is 12.5. The van der Waals surface area contributed by atoms with Gasteiger partial charge in [-0.3, -0.25) is 0 Å². The van der Waals surface area contributed by atoms with Crippen LogP contribution in [0.15, 0.2) is 0 Å². The lowest BCUT2D eigenvalue weighted by atomic mass is 10.1. The lowest BCUT2D eigenvalue weighted by Crippen LogP contribution is -1.81. The van der Waals surface area contributed by atoms with E-state index in [2.05, 4.69) is 19.6 Å². The first-order valence-electron chi connectivity index (χ1n) is 6.35. The zero-order chi connectivity index (χ0) is 10.5. The molecule has 0 aromatic heterocycles. The number of unbranched alkanes of at least 4 members (excludes halogenated alkanes) is 7. The monoisotopic (exact) mass is 215 g/mol. The maximum Gasteiger partial charge on any atom is 0.0166 e. The summed E-state index contributed by atoms with van der Waals surface area (Å²) < 4.78 is 0. The molecular weight excluding hydrogens is 188 g/mol. The van der Waals surface area contributed by atoms with Gasteiger partial charge in [-0.2, -0.15) is 11.8 Å². The fourth-order valence-corrected chi connectivity index (χ4v) is 2.30. The Labute approximate surface area is 95.2 Å². The van der Waals surface area contributed by atoms with Crippen LogP contribution in [0.25, 0.3) is 0 Å². The summed E-state index contributed by atoms with van der Waals surface area (Å²) in [6.45, 7) is 4.54. The largest absolute Gasteiger partial charge is 0.157 e. The van der Waals surface area contributed by atoms with Crippen molar-refractivity contribution in [1.29, 1.82) is 0 Å². The van der Waals surface area contributed by atoms with Gasteiger partial charge in [0.15, 0.2) is 0 Å². The highest BCUT2D eigenvalue weighted by molar-refractivity contribution is 8.01. The van der Waals surface area contributed by atoms with Gasteiger partial charge in [0.25, 0.3) is 0 Å². The van der Waals surface area contributed by atoms with E-state index in [0.29, 0.717) is 0 Å². The van der Waals surface area contributed by atoms with Crippen LogP contribution in [0.1, 0.15) is 71.6 Å². The van der Waals surface area contributed by atoms with Crippen LogP contribution in [0.4, 0.5) is 0 Å². The molecular formula is C13H27S. The third-order valence-corrected chi connectivity index (χ3v) is 3.40. The Morgan fingerprint density at radius 3 is 2.14 bits per heavy atom. The summed E-state index contributed by atoms with van der Waals surface area (Å²) in [4.78, 5) is 0. The standard InChI is InChI=1S/C13H27S/c1-3-5-7-8-9-11-13-14-12-10-6-4-2/h13H,3-12H2,1-2H3. The number of thioether (sulfide) groups is 1. The molecule has 0 amide bonds. The molecule has 0 saturated heterocycles. The van der Waals surface area contributed by atoms with Gasteiger partial charge in [-0.1, -0.05) is 58.8 Å². The molecule has 0 aromatic rings. The smallest absolute Gasteiger partial charge is 0.0166 e. The minimum Gasteiger partial charge on any atom is -0.157 e. The minimum atomic E-state index is 1.32. The highest BCUT2D eigenvalue weighted by Gasteiger charge is 1.92. The van der Waals surface area contributed by atoms with Gasteiger partial charge in [0.1, 0.15) is 0 Å². The molecule has 1 radical (unpaired) electrons. The zero-order valence-corrected chi connectivity index (χ0v) is 10.9. The first-order valence-corrected chi connectivity index (χ1v) is 7.40. The van der Waals surface area contributed by atoms with Gasteiger partial charge in [0.2, 0.25) is 0 Å². The van der Waals surface area contributed by atoms with Crippen molar-refractivity contribution in [1.82, 2.24) is 0 Å². The third kappa shape index (κ3) is 12.3. The Hall–Kier alpha value is 0.350. The average Bonchev–Trinajstić information content (AvgIpc) is 2.21. The SMILES string of the molecule is CCCCCCC[CH]SCCCCC. The molecule has 0 spiro atoms. The van der Waals surface area contributed by atoms with Crippen molar-refractivity contribution >= 4 is 11.8 Å². The highest BCUT2D eigenvalue weighted by atomic mass is 32.2. The Morgan fingerprint density at radius 2 is 1.43 bits per heavy atom. The van der Waals surface area contributed by atoms with Crippen molar-refractivity contribution in [2.45, 2.75) is 71.6 Å². The van der Waals surface area contributed by atoms with Gasteiger partial charge in [0.05, 0.1) is 0 Å². The van der Waals surface area contributed by atoms with Crippen LogP contribution in [0.2, 0.25) is 0 Å². The summed E-state index contributed by atoms with van der Waals surface area (Å²) in [5, 5.41) is 0. The molecule has 0 nitrogen and oxygen atoms in total. The molecule has 0 aromatic carbocycles. The van der Waals surface area contributed by atoms with Crippen molar-refractivity contribution in [3.8, 4) is 0 Å². The van der Waals surface area contributed by atoms with Crippen LogP contribution in [0, 0.1) is 5.75 Å². The highest BCUT2D eigenvalue weighted by Crippen LogP contribution is 2.15. The van der Waals surface area contributed by atoms with Gasteiger partial charge >= 0.3 is 0 Å². The van der Waals surface area contributed by atoms with Crippen LogP contribution in [0.5, 0.6) is 0 Å². The summed E-state index contributed by atoms with van der Waals surface area (Å²) in [7, 11) is 0. The van der Waals surface area contributed by atoms with E-state index < -0.39 is 0 Å². The van der Waals surface area contributed by atoms with Crippen molar-refractivity contribution in [3.63, 3.8) is 0 Å². The molecule has 0 bridgehead atoms. The molecule has 0 rings (SSSR count). The van der Waals surface area contributed by atoms with Gasteiger partial charge in [-0.15, -0.1) is 0 Å². The predicted octanol–water partition coefficient (Wildman–Crippen LogP) is 5.43. The number of rotatable bonds is 11. The zero-order valence-electron chi connectivity index (χ0n) is 10.1. The average molecular weight is 215 g/mol. The van der Waals surface area contributed by atoms with E-state index in [4.69, 9.17) is 0 Å². The Bertz CT molecular complexity index is 79.2. The molecule has 0 heterocycles. The van der Waals surface area contributed by atoms with Gasteiger partial charge in [-0.25, -0.2) is 0 Å². The normalized spacial score (nSPS) is 10.7. The summed E-state index contributed by atoms with van der Waals surface area (Å²) in [5.74, 6) is 3.75. The molecule has 0 atom stereocenters. The summed E-state index contributed by atoms with van der Waals surface area (Å²) in [5.41, 5.74) is 0. The molecule has 0 saturated carbocycles. The van der Waals surface area contributed by atoms with Crippen molar-refractivity contribution in [2.75, 3.05) is 5.75 Å². The second-order valence-corrected chi connectivity index (χ2v) is 5.02. The molecule has 14 heavy (non-hydrogen) atoms. The van der Waals surface area contributed by atoms with E-state index in [1.807, 2.05) is 11.8 Å². The molecule has 0 fully saturated rings. The Balaban J connectivity index is 2.78. The second kappa shape index (κ2) is 13.4. The van der Waals surface area contributed by atoms with Crippen molar-refractivity contribution in [3.05, 3.63) is 5.75 Å². The van der Waals surface area contributed by atoms with Crippen LogP contribution >= 0.6 is 11.8 Å². The van der Waals surface area contributed by atoms with E-state index in [1.54, 1.807) is 0 Å². The molecule has 85 valence electrons. The van der Waals surface area contributed by atoms with Crippen LogP contribution in [-0.4, -0.2) is 5.75 Å². The van der Waals surface area contributed by atoms with E-state index in [-0.39, 0.29) is 0 Å². The molecule has 1 heteroatoms. The summed E-state index contributed by atoms with van der Waals surface area (Å²) >= 11 is 2.03. The lowest BCUT2D eigenvalue weighted by Gasteiger charge is -2.01. The first-order chi connectivity index (χ1) is 6.91. The first kappa shape index (κ1) is 14.3. The van der Waals surface area contributed by atoms with E-state index >= 15 is 0 Å². The Kier molecular flexibility index (Phi) is 13.7. The molecule has 0 aliphatic rings. The predicted molar refractivity (Wildman–Crippen MR) is 69.7 cm³/mol. The quantitative estimate of drug-likeness (QED) is 0.414. The minimum absolute atomic E-state index is 1.32.